The molecule has 276 valence electrons. The maximum atomic E-state index is 14.6. The number of nitrogens with one attached hydrogen (secondary N) is 2. The Hall–Kier alpha value is -6.60. The molecule has 0 bridgehead atoms. The van der Waals surface area contributed by atoms with Gasteiger partial charge in [0, 0.05) is 50.4 Å². The smallest absolute Gasteiger partial charge is 0.334 e. The van der Waals surface area contributed by atoms with Crippen LogP contribution in [-0.4, -0.2) is 90.2 Å². The van der Waals surface area contributed by atoms with Crippen LogP contribution in [0.1, 0.15) is 27.0 Å². The average molecular weight is 728 g/mol. The zero-order valence-electron chi connectivity index (χ0n) is 29.8. The van der Waals surface area contributed by atoms with Crippen molar-refractivity contribution in [3.63, 3.8) is 0 Å². The SMILES string of the molecule is C=CCN1CC(=O)N2C(CN(Cc3cccc4c(C(=O)Nc5ccc(O)cc5)cn(C)c34)C(=O)[C@@H]2Cc2ccc(O)cc2)N1C(=O)NCc1ccccc1. The molecular weight excluding hydrogens is 686 g/mol. The van der Waals surface area contributed by atoms with E-state index in [0.29, 0.717) is 16.6 Å². The predicted octanol–water partition coefficient (Wildman–Crippen LogP) is 4.58. The Morgan fingerprint density at radius 2 is 1.59 bits per heavy atom. The summed E-state index contributed by atoms with van der Waals surface area (Å²) in [7, 11) is 1.84. The van der Waals surface area contributed by atoms with Crippen molar-refractivity contribution < 1.29 is 29.4 Å². The molecule has 0 aliphatic carbocycles. The van der Waals surface area contributed by atoms with Crippen molar-refractivity contribution >= 4 is 40.3 Å². The second-order valence-corrected chi connectivity index (χ2v) is 13.5. The summed E-state index contributed by atoms with van der Waals surface area (Å²) in [5.41, 5.74) is 4.13. The Kier molecular flexibility index (Phi) is 10.1. The molecule has 4 aromatic carbocycles. The van der Waals surface area contributed by atoms with Crippen molar-refractivity contribution in [3.8, 4) is 11.5 Å². The summed E-state index contributed by atoms with van der Waals surface area (Å²) in [6.45, 7) is 4.38. The molecule has 5 amide bonds. The number of piperazine rings is 1. The van der Waals surface area contributed by atoms with Gasteiger partial charge < -0.3 is 35.2 Å². The van der Waals surface area contributed by atoms with Gasteiger partial charge in [-0.2, -0.15) is 0 Å². The maximum Gasteiger partial charge on any atom is 0.334 e. The Morgan fingerprint density at radius 1 is 0.889 bits per heavy atom. The van der Waals surface area contributed by atoms with Gasteiger partial charge in [0.15, 0.2) is 0 Å². The summed E-state index contributed by atoms with van der Waals surface area (Å²) in [6.07, 6.45) is 2.68. The van der Waals surface area contributed by atoms with E-state index in [1.54, 1.807) is 46.4 Å². The van der Waals surface area contributed by atoms with Gasteiger partial charge in [0.1, 0.15) is 23.7 Å². The summed E-state index contributed by atoms with van der Waals surface area (Å²) < 4.78 is 1.85. The van der Waals surface area contributed by atoms with E-state index in [9.17, 15) is 29.4 Å². The molecule has 2 fully saturated rings. The fourth-order valence-corrected chi connectivity index (χ4v) is 7.36. The van der Waals surface area contributed by atoms with E-state index in [2.05, 4.69) is 17.2 Å². The molecule has 2 aliphatic rings. The lowest BCUT2D eigenvalue weighted by molar-refractivity contribution is -0.189. The molecule has 13 heteroatoms. The highest BCUT2D eigenvalue weighted by Crippen LogP contribution is 2.32. The monoisotopic (exact) mass is 727 g/mol. The summed E-state index contributed by atoms with van der Waals surface area (Å²) in [4.78, 5) is 59.4. The third kappa shape index (κ3) is 7.21. The largest absolute Gasteiger partial charge is 0.508 e. The van der Waals surface area contributed by atoms with Gasteiger partial charge in [-0.1, -0.05) is 66.7 Å². The lowest BCUT2D eigenvalue weighted by atomic mass is 9.98. The minimum absolute atomic E-state index is 0.0259. The van der Waals surface area contributed by atoms with E-state index >= 15 is 0 Å². The summed E-state index contributed by atoms with van der Waals surface area (Å²) >= 11 is 0. The van der Waals surface area contributed by atoms with Gasteiger partial charge in [-0.3, -0.25) is 14.4 Å². The number of phenols is 2. The fourth-order valence-electron chi connectivity index (χ4n) is 7.36. The second kappa shape index (κ2) is 15.2. The molecule has 0 radical (unpaired) electrons. The number of rotatable bonds is 10. The van der Waals surface area contributed by atoms with Gasteiger partial charge in [0.25, 0.3) is 5.91 Å². The predicted molar refractivity (Wildman–Crippen MR) is 203 cm³/mol. The first-order valence-corrected chi connectivity index (χ1v) is 17.6. The second-order valence-electron chi connectivity index (χ2n) is 13.5. The molecule has 54 heavy (non-hydrogen) atoms. The lowest BCUT2D eigenvalue weighted by Crippen LogP contribution is -2.76. The van der Waals surface area contributed by atoms with Gasteiger partial charge >= 0.3 is 6.03 Å². The van der Waals surface area contributed by atoms with Crippen LogP contribution in [0.5, 0.6) is 11.5 Å². The lowest BCUT2D eigenvalue weighted by Gasteiger charge is -2.55. The first-order valence-electron chi connectivity index (χ1n) is 17.6. The van der Waals surface area contributed by atoms with Crippen molar-refractivity contribution in [3.05, 3.63) is 138 Å². The molecule has 0 spiro atoms. The number of anilines is 1. The maximum absolute atomic E-state index is 14.6. The highest BCUT2D eigenvalue weighted by Gasteiger charge is 2.51. The average Bonchev–Trinajstić information content (AvgIpc) is 3.51. The molecule has 7 rings (SSSR count). The Labute approximate surface area is 312 Å². The number of benzene rings is 4. The van der Waals surface area contributed by atoms with Crippen molar-refractivity contribution in [2.45, 2.75) is 31.7 Å². The minimum Gasteiger partial charge on any atom is -0.508 e. The van der Waals surface area contributed by atoms with E-state index in [4.69, 9.17) is 0 Å². The van der Waals surface area contributed by atoms with Gasteiger partial charge in [0.2, 0.25) is 11.8 Å². The van der Waals surface area contributed by atoms with E-state index < -0.39 is 18.2 Å². The van der Waals surface area contributed by atoms with E-state index in [-0.39, 0.29) is 68.4 Å². The molecule has 4 N–H and O–H groups in total. The van der Waals surface area contributed by atoms with Gasteiger partial charge in [-0.25, -0.2) is 14.8 Å². The molecule has 1 unspecified atom stereocenters. The Bertz CT molecular complexity index is 2200. The van der Waals surface area contributed by atoms with Crippen LogP contribution in [0.3, 0.4) is 0 Å². The summed E-state index contributed by atoms with van der Waals surface area (Å²) in [5, 5.41) is 29.4. The third-order valence-electron chi connectivity index (χ3n) is 9.85. The first-order chi connectivity index (χ1) is 26.1. The Balaban J connectivity index is 1.23. The van der Waals surface area contributed by atoms with Crippen LogP contribution in [0.2, 0.25) is 0 Å². The van der Waals surface area contributed by atoms with Crippen LogP contribution in [0, 0.1) is 0 Å². The van der Waals surface area contributed by atoms with Crippen LogP contribution in [-0.2, 0) is 36.1 Å². The minimum atomic E-state index is -0.949. The van der Waals surface area contributed by atoms with Crippen LogP contribution in [0.25, 0.3) is 10.9 Å². The van der Waals surface area contributed by atoms with Crippen LogP contribution < -0.4 is 10.6 Å². The van der Waals surface area contributed by atoms with Gasteiger partial charge in [-0.05, 0) is 53.1 Å². The number of hydrogen-bond donors (Lipinski definition) is 4. The zero-order chi connectivity index (χ0) is 37.9. The Morgan fingerprint density at radius 3 is 2.30 bits per heavy atom. The highest BCUT2D eigenvalue weighted by molar-refractivity contribution is 6.13. The standard InChI is InChI=1S/C41H41N7O6/c1-3-20-46-26-37(51)47-35(21-27-12-16-31(49)17-13-27)40(53)45(25-36(47)48(46)41(54)42-22-28-8-5-4-6-9-28)23-29-10-7-11-33-34(24-44(2)38(29)33)39(52)43-30-14-18-32(50)19-15-30/h3-19,24,35-36,49-50H,1,20-23,25-26H2,2H3,(H,42,54)(H,43,52)/t35-,36?/m0/s1. The number of para-hydroxylation sites is 1. The quantitative estimate of drug-likeness (QED) is 0.122. The zero-order valence-corrected chi connectivity index (χ0v) is 29.8. The molecule has 2 saturated heterocycles. The number of phenolic OH excluding ortho intramolecular Hbond substituents is 2. The number of nitrogens with zero attached hydrogens (tertiary/aromatic N) is 5. The van der Waals surface area contributed by atoms with Crippen LogP contribution in [0.4, 0.5) is 10.5 Å². The van der Waals surface area contributed by atoms with Crippen LogP contribution >= 0.6 is 0 Å². The van der Waals surface area contributed by atoms with E-state index in [0.717, 1.165) is 22.2 Å². The molecule has 3 heterocycles. The number of fused-ring (bicyclic) bond motifs is 2. The third-order valence-corrected chi connectivity index (χ3v) is 9.85. The summed E-state index contributed by atoms with van der Waals surface area (Å²) in [5.74, 6) is -0.742. The summed E-state index contributed by atoms with van der Waals surface area (Å²) in [6, 6.07) is 26.4. The molecule has 2 atom stereocenters. The van der Waals surface area contributed by atoms with Crippen molar-refractivity contribution in [2.24, 2.45) is 7.05 Å². The normalized spacial score (nSPS) is 17.4. The number of urea groups is 1. The number of aromatic nitrogens is 1. The van der Waals surface area contributed by atoms with Gasteiger partial charge in [-0.15, -0.1) is 6.58 Å². The molecule has 13 nitrogen and oxygen atoms in total. The van der Waals surface area contributed by atoms with Crippen LogP contribution in [0.15, 0.2) is 116 Å². The number of hydrazine groups is 1. The first kappa shape index (κ1) is 35.8. The fraction of sp³-hybridized carbons (Fsp3) is 0.220. The van der Waals surface area contributed by atoms with Gasteiger partial charge in [0.05, 0.1) is 24.2 Å². The topological polar surface area (TPSA) is 151 Å². The molecular formula is C41H41N7O6. The highest BCUT2D eigenvalue weighted by atomic mass is 16.3. The number of aryl methyl sites for hydroxylation is 1. The van der Waals surface area contributed by atoms with Crippen molar-refractivity contribution in [1.82, 2.24) is 29.7 Å². The number of hydrogen-bond acceptors (Lipinski definition) is 7. The van der Waals surface area contributed by atoms with E-state index in [1.165, 1.54) is 34.2 Å². The number of aromatic hydroxyl groups is 2. The molecule has 5 aromatic rings. The number of amides is 5. The number of carbonyl (C=O) groups excluding carboxylic acids is 4. The van der Waals surface area contributed by atoms with Crippen molar-refractivity contribution in [1.29, 1.82) is 0 Å². The van der Waals surface area contributed by atoms with E-state index in [1.807, 2.05) is 60.1 Å². The molecule has 1 aromatic heterocycles. The molecule has 2 aliphatic heterocycles. The van der Waals surface area contributed by atoms with Crippen molar-refractivity contribution in [2.75, 3.05) is 25.0 Å². The molecule has 0 saturated carbocycles. The number of carbonyl (C=O) groups is 4.